The first-order valence-electron chi connectivity index (χ1n) is 1.85. The first kappa shape index (κ1) is 9.20. The Morgan fingerprint density at radius 1 is 1.56 bits per heavy atom. The monoisotopic (exact) mass is 192 g/mol. The maximum absolute atomic E-state index is 11.6. The first-order chi connectivity index (χ1) is 3.92. The third-order valence-corrected chi connectivity index (χ3v) is 1.31. The normalized spacial score (nSPS) is 11.0. The molecule has 0 amide bonds. The van der Waals surface area contributed by atoms with E-state index in [1.807, 2.05) is 0 Å². The summed E-state index contributed by atoms with van der Waals surface area (Å²) in [5.74, 6) is -0.769. The van der Waals surface area contributed by atoms with Gasteiger partial charge < -0.3 is 0 Å². The van der Waals surface area contributed by atoms with Crippen molar-refractivity contribution in [2.24, 2.45) is 0 Å². The van der Waals surface area contributed by atoms with Gasteiger partial charge in [-0.25, -0.2) is 0 Å². The predicted molar refractivity (Wildman–Crippen MR) is 34.7 cm³/mol. The van der Waals surface area contributed by atoms with Crippen LogP contribution in [0.25, 0.3) is 0 Å². The van der Waals surface area contributed by atoms with Crippen molar-refractivity contribution in [1.82, 2.24) is 0 Å². The molecule has 0 radical (unpaired) electrons. The van der Waals surface area contributed by atoms with Crippen LogP contribution in [0.5, 0.6) is 0 Å². The Labute approximate surface area is 62.5 Å². The molecule has 2 nitrogen and oxygen atoms in total. The summed E-state index contributed by atoms with van der Waals surface area (Å²) < 4.78 is 30.7. The van der Waals surface area contributed by atoms with E-state index in [-0.39, 0.29) is 4.49 Å². The van der Waals surface area contributed by atoms with Gasteiger partial charge in [-0.2, -0.15) is 8.42 Å². The summed E-state index contributed by atoms with van der Waals surface area (Å²) in [6, 6.07) is 0. The molecule has 0 atom stereocenters. The molecular formula is C3H3Cl2FO2S. The molecule has 54 valence electrons. The summed E-state index contributed by atoms with van der Waals surface area (Å²) in [6.45, 7) is 0. The summed E-state index contributed by atoms with van der Waals surface area (Å²) in [7, 11) is -4.46. The second-order valence-electron chi connectivity index (χ2n) is 1.20. The van der Waals surface area contributed by atoms with Crippen LogP contribution < -0.4 is 0 Å². The Hall–Kier alpha value is 0.200. The van der Waals surface area contributed by atoms with Crippen LogP contribution in [0.15, 0.2) is 10.6 Å². The Balaban J connectivity index is 3.95. The fourth-order valence-electron chi connectivity index (χ4n) is 0.163. The lowest BCUT2D eigenvalue weighted by atomic mass is 10.8. The largest absolute Gasteiger partial charge is 0.306 e. The van der Waals surface area contributed by atoms with Crippen molar-refractivity contribution in [2.45, 2.75) is 0 Å². The van der Waals surface area contributed by atoms with E-state index in [0.717, 1.165) is 6.08 Å². The second-order valence-corrected chi connectivity index (χ2v) is 3.62. The molecule has 6 heteroatoms. The van der Waals surface area contributed by atoms with Gasteiger partial charge in [0.05, 0.1) is 0 Å². The van der Waals surface area contributed by atoms with Crippen molar-refractivity contribution in [1.29, 1.82) is 0 Å². The maximum Gasteiger partial charge on any atom is 0.306 e. The van der Waals surface area contributed by atoms with Gasteiger partial charge >= 0.3 is 10.2 Å². The van der Waals surface area contributed by atoms with Gasteiger partial charge in [0.2, 0.25) is 0 Å². The summed E-state index contributed by atoms with van der Waals surface area (Å²) in [4.78, 5) is 0. The highest BCUT2D eigenvalue weighted by Gasteiger charge is 2.02. The van der Waals surface area contributed by atoms with Gasteiger partial charge in [-0.05, 0) is 6.08 Å². The number of rotatable bonds is 2. The minimum absolute atomic E-state index is 0.253. The predicted octanol–water partition coefficient (Wildman–Crippen LogP) is 1.60. The Kier molecular flexibility index (Phi) is 3.46. The highest BCUT2D eigenvalue weighted by atomic mass is 35.5. The van der Waals surface area contributed by atoms with Crippen LogP contribution in [-0.2, 0) is 10.2 Å². The van der Waals surface area contributed by atoms with Gasteiger partial charge in [0.15, 0.2) is 0 Å². The molecule has 0 saturated heterocycles. The minimum atomic E-state index is -4.46. The van der Waals surface area contributed by atoms with Crippen LogP contribution in [0.2, 0.25) is 0 Å². The van der Waals surface area contributed by atoms with E-state index in [9.17, 15) is 12.3 Å². The van der Waals surface area contributed by atoms with Crippen LogP contribution in [0.4, 0.5) is 3.89 Å². The molecule has 0 bridgehead atoms. The second kappa shape index (κ2) is 3.39. The topological polar surface area (TPSA) is 34.1 Å². The lowest BCUT2D eigenvalue weighted by molar-refractivity contribution is 0.555. The smallest absolute Gasteiger partial charge is 0.195 e. The van der Waals surface area contributed by atoms with Gasteiger partial charge in [-0.15, -0.1) is 3.89 Å². The zero-order chi connectivity index (χ0) is 7.49. The Bertz CT molecular complexity index is 204. The van der Waals surface area contributed by atoms with Gasteiger partial charge in [-0.1, -0.05) is 23.2 Å². The molecule has 0 spiro atoms. The van der Waals surface area contributed by atoms with Crippen LogP contribution in [-0.4, -0.2) is 14.2 Å². The molecule has 0 aromatic carbocycles. The van der Waals surface area contributed by atoms with E-state index in [0.29, 0.717) is 0 Å². The number of hydrogen-bond acceptors (Lipinski definition) is 2. The zero-order valence-corrected chi connectivity index (χ0v) is 6.47. The number of halogens is 3. The third kappa shape index (κ3) is 8.20. The van der Waals surface area contributed by atoms with Crippen LogP contribution in [0.1, 0.15) is 0 Å². The average Bonchev–Trinajstić information content (AvgIpc) is 1.59. The third-order valence-electron chi connectivity index (χ3n) is 0.437. The van der Waals surface area contributed by atoms with Crippen LogP contribution in [0, 0.1) is 0 Å². The van der Waals surface area contributed by atoms with E-state index < -0.39 is 16.0 Å². The molecule has 0 unspecified atom stereocenters. The van der Waals surface area contributed by atoms with E-state index in [4.69, 9.17) is 23.2 Å². The molecule has 0 fully saturated rings. The van der Waals surface area contributed by atoms with Crippen molar-refractivity contribution < 1.29 is 12.3 Å². The lowest BCUT2D eigenvalue weighted by Crippen LogP contribution is -1.93. The first-order valence-corrected chi connectivity index (χ1v) is 4.16. The molecule has 0 rings (SSSR count). The van der Waals surface area contributed by atoms with Crippen molar-refractivity contribution in [3.05, 3.63) is 10.6 Å². The van der Waals surface area contributed by atoms with Gasteiger partial charge in [0.1, 0.15) is 10.2 Å². The van der Waals surface area contributed by atoms with Crippen molar-refractivity contribution >= 4 is 33.4 Å². The molecule has 0 saturated carbocycles. The molecule has 0 N–H and O–H groups in total. The zero-order valence-electron chi connectivity index (χ0n) is 4.14. The van der Waals surface area contributed by atoms with Crippen LogP contribution >= 0.6 is 23.2 Å². The van der Waals surface area contributed by atoms with Crippen molar-refractivity contribution in [3.63, 3.8) is 0 Å². The van der Waals surface area contributed by atoms with E-state index >= 15 is 0 Å². The summed E-state index contributed by atoms with van der Waals surface area (Å²) >= 11 is 9.96. The highest BCUT2D eigenvalue weighted by Crippen LogP contribution is 2.06. The lowest BCUT2D eigenvalue weighted by Gasteiger charge is -1.83. The fourth-order valence-corrected chi connectivity index (χ4v) is 0.866. The Morgan fingerprint density at radius 2 is 2.00 bits per heavy atom. The molecular weight excluding hydrogens is 190 g/mol. The summed E-state index contributed by atoms with van der Waals surface area (Å²) in [6.07, 6.45) is 0.860. The van der Waals surface area contributed by atoms with E-state index in [1.165, 1.54) is 0 Å². The van der Waals surface area contributed by atoms with Crippen molar-refractivity contribution in [3.8, 4) is 0 Å². The van der Waals surface area contributed by atoms with Gasteiger partial charge in [0, 0.05) is 0 Å². The van der Waals surface area contributed by atoms with Crippen LogP contribution in [0.3, 0.4) is 0 Å². The van der Waals surface area contributed by atoms with Crippen molar-refractivity contribution in [2.75, 3.05) is 5.75 Å². The molecule has 0 aromatic rings. The molecule has 0 aliphatic carbocycles. The molecule has 9 heavy (non-hydrogen) atoms. The fraction of sp³-hybridized carbons (Fsp3) is 0.333. The highest BCUT2D eigenvalue weighted by molar-refractivity contribution is 7.86. The minimum Gasteiger partial charge on any atom is -0.195 e. The molecule has 0 aromatic heterocycles. The molecule has 0 aliphatic heterocycles. The standard InChI is InChI=1S/C3H3Cl2FO2S/c4-3(5)1-2-9(6,7)8/h1H,2H2. The molecule has 0 aliphatic rings. The van der Waals surface area contributed by atoms with Gasteiger partial charge in [-0.3, -0.25) is 0 Å². The molecule has 0 heterocycles. The SMILES string of the molecule is O=S(=O)(F)CC=C(Cl)Cl. The van der Waals surface area contributed by atoms with Gasteiger partial charge in [0.25, 0.3) is 0 Å². The summed E-state index contributed by atoms with van der Waals surface area (Å²) in [5, 5.41) is 0. The average molecular weight is 193 g/mol. The number of hydrogen-bond donors (Lipinski definition) is 0. The summed E-state index contributed by atoms with van der Waals surface area (Å²) in [5.41, 5.74) is 0. The van der Waals surface area contributed by atoms with E-state index in [2.05, 4.69) is 0 Å². The Morgan fingerprint density at radius 3 is 2.11 bits per heavy atom. The quantitative estimate of drug-likeness (QED) is 0.624. The van der Waals surface area contributed by atoms with E-state index in [1.54, 1.807) is 0 Å². The maximum atomic E-state index is 11.6.